The smallest absolute Gasteiger partial charge is 0.408 e. The SMILES string of the molecule is Cc1ccc(OCCC[C@H](C[C@H](NC(=O)OC(C)(C)C)C(=O)OC(C)(C)C)C(=O)OC(C)(C)C)cc1. The van der Waals surface area contributed by atoms with E-state index in [1.807, 2.05) is 31.2 Å². The van der Waals surface area contributed by atoms with Gasteiger partial charge in [-0.2, -0.15) is 0 Å². The predicted molar refractivity (Wildman–Crippen MR) is 139 cm³/mol. The van der Waals surface area contributed by atoms with Crippen molar-refractivity contribution >= 4 is 18.0 Å². The van der Waals surface area contributed by atoms with Gasteiger partial charge in [0.05, 0.1) is 12.5 Å². The number of carbonyl (C=O) groups excluding carboxylic acids is 3. The third kappa shape index (κ3) is 14.0. The molecular formula is C28H45NO7. The number of nitrogens with one attached hydrogen (secondary N) is 1. The van der Waals surface area contributed by atoms with E-state index in [1.54, 1.807) is 62.3 Å². The first-order valence-electron chi connectivity index (χ1n) is 12.5. The van der Waals surface area contributed by atoms with Gasteiger partial charge in [-0.3, -0.25) is 4.79 Å². The summed E-state index contributed by atoms with van der Waals surface area (Å²) in [4.78, 5) is 38.5. The summed E-state index contributed by atoms with van der Waals surface area (Å²) in [6.45, 7) is 18.1. The Balaban J connectivity index is 3.00. The summed E-state index contributed by atoms with van der Waals surface area (Å²) in [5.41, 5.74) is -1.08. The zero-order valence-corrected chi connectivity index (χ0v) is 23.7. The lowest BCUT2D eigenvalue weighted by molar-refractivity contribution is -0.163. The molecule has 0 aliphatic rings. The van der Waals surface area contributed by atoms with Gasteiger partial charge in [0.2, 0.25) is 0 Å². The molecule has 0 unspecified atom stereocenters. The Morgan fingerprint density at radius 1 is 0.778 bits per heavy atom. The van der Waals surface area contributed by atoms with Gasteiger partial charge in [0.25, 0.3) is 0 Å². The number of amides is 1. The minimum Gasteiger partial charge on any atom is -0.494 e. The van der Waals surface area contributed by atoms with Crippen molar-refractivity contribution < 1.29 is 33.3 Å². The molecular weight excluding hydrogens is 462 g/mol. The Hall–Kier alpha value is -2.77. The maximum atomic E-state index is 13.1. The number of ether oxygens (including phenoxy) is 4. The molecule has 36 heavy (non-hydrogen) atoms. The number of esters is 2. The first-order valence-corrected chi connectivity index (χ1v) is 12.5. The molecule has 0 spiro atoms. The number of hydrogen-bond donors (Lipinski definition) is 1. The highest BCUT2D eigenvalue weighted by atomic mass is 16.6. The quantitative estimate of drug-likeness (QED) is 0.245. The molecule has 0 aliphatic heterocycles. The lowest BCUT2D eigenvalue weighted by Crippen LogP contribution is -2.47. The van der Waals surface area contributed by atoms with Crippen LogP contribution < -0.4 is 10.1 Å². The van der Waals surface area contributed by atoms with Crippen LogP contribution in [-0.2, 0) is 23.8 Å². The van der Waals surface area contributed by atoms with Gasteiger partial charge in [0.1, 0.15) is 28.6 Å². The fraction of sp³-hybridized carbons (Fsp3) is 0.679. The van der Waals surface area contributed by atoms with Crippen molar-refractivity contribution in [3.05, 3.63) is 29.8 Å². The molecule has 0 aromatic heterocycles. The van der Waals surface area contributed by atoms with E-state index in [9.17, 15) is 14.4 Å². The van der Waals surface area contributed by atoms with E-state index in [1.165, 1.54) is 0 Å². The Kier molecular flexibility index (Phi) is 11.3. The minimum atomic E-state index is -1.09. The van der Waals surface area contributed by atoms with Crippen LogP contribution in [0.5, 0.6) is 5.75 Å². The van der Waals surface area contributed by atoms with Crippen LogP contribution in [-0.4, -0.2) is 47.5 Å². The summed E-state index contributed by atoms with van der Waals surface area (Å²) in [5.74, 6) is -1.01. The van der Waals surface area contributed by atoms with Crippen molar-refractivity contribution in [1.29, 1.82) is 0 Å². The highest BCUT2D eigenvalue weighted by Gasteiger charge is 2.34. The molecule has 0 fully saturated rings. The summed E-state index contributed by atoms with van der Waals surface area (Å²) >= 11 is 0. The predicted octanol–water partition coefficient (Wildman–Crippen LogP) is 5.74. The van der Waals surface area contributed by atoms with Crippen molar-refractivity contribution in [2.24, 2.45) is 5.92 Å². The second-order valence-corrected chi connectivity index (χ2v) is 12.0. The maximum Gasteiger partial charge on any atom is 0.408 e. The van der Waals surface area contributed by atoms with Crippen molar-refractivity contribution in [2.45, 2.75) is 111 Å². The lowest BCUT2D eigenvalue weighted by Gasteiger charge is -2.29. The van der Waals surface area contributed by atoms with E-state index in [-0.39, 0.29) is 6.42 Å². The van der Waals surface area contributed by atoms with Gasteiger partial charge in [0, 0.05) is 0 Å². The van der Waals surface area contributed by atoms with Gasteiger partial charge in [-0.05, 0) is 101 Å². The molecule has 0 saturated heterocycles. The summed E-state index contributed by atoms with van der Waals surface area (Å²) < 4.78 is 22.3. The van der Waals surface area contributed by atoms with Gasteiger partial charge >= 0.3 is 18.0 Å². The Bertz CT molecular complexity index is 858. The molecule has 1 amide bonds. The van der Waals surface area contributed by atoms with Crippen LogP contribution in [0.1, 0.15) is 87.1 Å². The first kappa shape index (κ1) is 31.3. The van der Waals surface area contributed by atoms with Gasteiger partial charge in [0.15, 0.2) is 0 Å². The second kappa shape index (κ2) is 13.0. The van der Waals surface area contributed by atoms with Crippen LogP contribution in [0, 0.1) is 12.8 Å². The lowest BCUT2D eigenvalue weighted by atomic mass is 9.94. The van der Waals surface area contributed by atoms with Crippen LogP contribution in [0.15, 0.2) is 24.3 Å². The molecule has 8 nitrogen and oxygen atoms in total. The minimum absolute atomic E-state index is 0.00754. The second-order valence-electron chi connectivity index (χ2n) is 12.0. The zero-order chi connectivity index (χ0) is 27.7. The average Bonchev–Trinajstić information content (AvgIpc) is 2.66. The van der Waals surface area contributed by atoms with Crippen molar-refractivity contribution in [1.82, 2.24) is 5.32 Å². The molecule has 1 aromatic carbocycles. The van der Waals surface area contributed by atoms with E-state index in [0.717, 1.165) is 11.3 Å². The molecule has 204 valence electrons. The van der Waals surface area contributed by atoms with Gasteiger partial charge < -0.3 is 24.3 Å². The third-order valence-corrected chi connectivity index (χ3v) is 4.63. The van der Waals surface area contributed by atoms with Crippen molar-refractivity contribution in [3.63, 3.8) is 0 Å². The number of carbonyl (C=O) groups is 3. The van der Waals surface area contributed by atoms with Gasteiger partial charge in [-0.1, -0.05) is 17.7 Å². The molecule has 2 atom stereocenters. The van der Waals surface area contributed by atoms with Crippen LogP contribution in [0.2, 0.25) is 0 Å². The Labute approximate surface area is 216 Å². The number of rotatable bonds is 10. The monoisotopic (exact) mass is 507 g/mol. The molecule has 0 heterocycles. The number of aryl methyl sites for hydroxylation is 1. The number of benzene rings is 1. The standard InChI is InChI=1S/C28H45NO7/c1-19-13-15-21(16-14-19)33-17-11-12-20(23(30)34-26(2,3)4)18-22(24(31)35-27(5,6)7)29-25(32)36-28(8,9)10/h13-16,20,22H,11-12,17-18H2,1-10H3,(H,29,32)/t20-,22+/m1/s1. The average molecular weight is 508 g/mol. The van der Waals surface area contributed by atoms with Gasteiger partial charge in [-0.15, -0.1) is 0 Å². The van der Waals surface area contributed by atoms with E-state index in [0.29, 0.717) is 19.4 Å². The molecule has 0 bridgehead atoms. The molecule has 0 saturated carbocycles. The van der Waals surface area contributed by atoms with Crippen molar-refractivity contribution in [2.75, 3.05) is 6.61 Å². The number of hydrogen-bond acceptors (Lipinski definition) is 7. The third-order valence-electron chi connectivity index (χ3n) is 4.63. The normalized spacial score (nSPS) is 13.8. The van der Waals surface area contributed by atoms with Gasteiger partial charge in [-0.25, -0.2) is 9.59 Å². The number of alkyl carbamates (subject to hydrolysis) is 1. The Morgan fingerprint density at radius 3 is 1.78 bits per heavy atom. The first-order chi connectivity index (χ1) is 16.3. The van der Waals surface area contributed by atoms with E-state index < -0.39 is 46.8 Å². The zero-order valence-electron chi connectivity index (χ0n) is 23.7. The van der Waals surface area contributed by atoms with Crippen LogP contribution in [0.3, 0.4) is 0 Å². The fourth-order valence-corrected chi connectivity index (χ4v) is 3.19. The summed E-state index contributed by atoms with van der Waals surface area (Å²) in [6.07, 6.45) is 0.193. The summed E-state index contributed by atoms with van der Waals surface area (Å²) in [5, 5.41) is 2.59. The summed E-state index contributed by atoms with van der Waals surface area (Å²) in [6, 6.07) is 6.63. The highest BCUT2D eigenvalue weighted by molar-refractivity contribution is 5.83. The topological polar surface area (TPSA) is 100 Å². The molecule has 8 heteroatoms. The highest BCUT2D eigenvalue weighted by Crippen LogP contribution is 2.23. The molecule has 0 aliphatic carbocycles. The van der Waals surface area contributed by atoms with Crippen LogP contribution in [0.4, 0.5) is 4.79 Å². The van der Waals surface area contributed by atoms with E-state index >= 15 is 0 Å². The Morgan fingerprint density at radius 2 is 1.28 bits per heavy atom. The van der Waals surface area contributed by atoms with Crippen LogP contribution in [0.25, 0.3) is 0 Å². The molecule has 0 radical (unpaired) electrons. The molecule has 1 aromatic rings. The molecule has 1 rings (SSSR count). The van der Waals surface area contributed by atoms with Crippen LogP contribution >= 0.6 is 0 Å². The van der Waals surface area contributed by atoms with Crippen molar-refractivity contribution in [3.8, 4) is 5.75 Å². The maximum absolute atomic E-state index is 13.1. The fourth-order valence-electron chi connectivity index (χ4n) is 3.19. The molecule has 1 N–H and O–H groups in total. The van der Waals surface area contributed by atoms with E-state index in [2.05, 4.69) is 5.32 Å². The largest absolute Gasteiger partial charge is 0.494 e. The van der Waals surface area contributed by atoms with E-state index in [4.69, 9.17) is 18.9 Å². The summed E-state index contributed by atoms with van der Waals surface area (Å²) in [7, 11) is 0.